The third-order valence-electron chi connectivity index (χ3n) is 7.59. The molecule has 0 aliphatic carbocycles. The van der Waals surface area contributed by atoms with Crippen LogP contribution >= 0.6 is 0 Å². The third-order valence-corrected chi connectivity index (χ3v) is 7.59. The minimum absolute atomic E-state index is 0.132. The number of aliphatic carboxylic acids is 1. The first kappa shape index (κ1) is 43.1. The molecule has 0 heterocycles. The van der Waals surface area contributed by atoms with Crippen molar-refractivity contribution >= 4 is 23.8 Å². The van der Waals surface area contributed by atoms with Gasteiger partial charge in [0.15, 0.2) is 0 Å². The highest BCUT2D eigenvalue weighted by Crippen LogP contribution is 2.14. The van der Waals surface area contributed by atoms with Crippen LogP contribution in [0, 0.1) is 0 Å². The summed E-state index contributed by atoms with van der Waals surface area (Å²) in [4.78, 5) is 47.1. The van der Waals surface area contributed by atoms with Gasteiger partial charge < -0.3 is 25.6 Å². The highest BCUT2D eigenvalue weighted by atomic mass is 16.5. The average Bonchev–Trinajstić information content (AvgIpc) is 3.03. The van der Waals surface area contributed by atoms with Crippen molar-refractivity contribution in [2.45, 2.75) is 161 Å². The number of nitrogens with one attached hydrogen (secondary N) is 2. The van der Waals surface area contributed by atoms with E-state index in [9.17, 15) is 19.2 Å². The van der Waals surface area contributed by atoms with Crippen molar-refractivity contribution in [1.29, 1.82) is 0 Å². The molecule has 4 N–H and O–H groups in total. The number of amides is 2. The number of unbranched alkanes of at least 4 members (excludes halogenated alkanes) is 13. The molecule has 9 heteroatoms. The Bertz CT molecular complexity index is 885. The van der Waals surface area contributed by atoms with E-state index in [-0.39, 0.29) is 30.9 Å². The molecule has 0 rings (SSSR count). The summed E-state index contributed by atoms with van der Waals surface area (Å²) in [7, 11) is 0. The lowest BCUT2D eigenvalue weighted by molar-refractivity contribution is -0.147. The zero-order valence-corrected chi connectivity index (χ0v) is 28.8. The molecule has 0 aromatic heterocycles. The van der Waals surface area contributed by atoms with Gasteiger partial charge in [0.1, 0.15) is 12.1 Å². The van der Waals surface area contributed by atoms with Crippen LogP contribution < -0.4 is 10.6 Å². The van der Waals surface area contributed by atoms with Gasteiger partial charge in [0.05, 0.1) is 13.2 Å². The molecule has 0 aliphatic rings. The van der Waals surface area contributed by atoms with Gasteiger partial charge in [-0.25, -0.2) is 4.79 Å². The SMILES string of the molecule is CCCC/C=C\C/C=C\CCCCCCCC(=O)OC(/C=C\CCCCC)CCCCCCC(=O)NCC(=O)NC(CO)C(=O)O. The monoisotopic (exact) mass is 648 g/mol. The summed E-state index contributed by atoms with van der Waals surface area (Å²) in [5.41, 5.74) is 0. The van der Waals surface area contributed by atoms with E-state index >= 15 is 0 Å². The van der Waals surface area contributed by atoms with E-state index < -0.39 is 24.5 Å². The second-order valence-corrected chi connectivity index (χ2v) is 11.9. The van der Waals surface area contributed by atoms with Crippen LogP contribution in [-0.4, -0.2) is 59.3 Å². The fraction of sp³-hybridized carbons (Fsp3) is 0.730. The van der Waals surface area contributed by atoms with Crippen molar-refractivity contribution in [3.8, 4) is 0 Å². The summed E-state index contributed by atoms with van der Waals surface area (Å²) in [5, 5.41) is 22.4. The van der Waals surface area contributed by atoms with Crippen LogP contribution in [0.3, 0.4) is 0 Å². The Labute approximate surface area is 278 Å². The van der Waals surface area contributed by atoms with Gasteiger partial charge in [-0.15, -0.1) is 0 Å². The maximum atomic E-state index is 12.6. The Hall–Kier alpha value is -2.94. The van der Waals surface area contributed by atoms with Crippen LogP contribution in [0.2, 0.25) is 0 Å². The maximum absolute atomic E-state index is 12.6. The number of allylic oxidation sites excluding steroid dienone is 5. The van der Waals surface area contributed by atoms with Crippen LogP contribution in [-0.2, 0) is 23.9 Å². The predicted molar refractivity (Wildman–Crippen MR) is 185 cm³/mol. The minimum Gasteiger partial charge on any atom is -0.480 e. The van der Waals surface area contributed by atoms with Crippen molar-refractivity contribution in [3.63, 3.8) is 0 Å². The second kappa shape index (κ2) is 32.0. The van der Waals surface area contributed by atoms with Crippen molar-refractivity contribution in [2.24, 2.45) is 0 Å². The molecule has 0 aromatic rings. The fourth-order valence-corrected chi connectivity index (χ4v) is 4.76. The second-order valence-electron chi connectivity index (χ2n) is 11.9. The van der Waals surface area contributed by atoms with Gasteiger partial charge in [0.2, 0.25) is 11.8 Å². The Morgan fingerprint density at radius 2 is 1.26 bits per heavy atom. The van der Waals surface area contributed by atoms with E-state index in [0.717, 1.165) is 70.6 Å². The maximum Gasteiger partial charge on any atom is 0.328 e. The highest BCUT2D eigenvalue weighted by molar-refractivity contribution is 5.87. The summed E-state index contributed by atoms with van der Waals surface area (Å²) in [6.07, 6.45) is 33.4. The van der Waals surface area contributed by atoms with Crippen molar-refractivity contribution in [3.05, 3.63) is 36.5 Å². The molecule has 0 aliphatic heterocycles. The number of carboxylic acid groups (broad SMARTS) is 1. The zero-order valence-electron chi connectivity index (χ0n) is 28.8. The van der Waals surface area contributed by atoms with Crippen LogP contribution in [0.15, 0.2) is 36.5 Å². The first-order valence-corrected chi connectivity index (χ1v) is 17.9. The molecule has 0 saturated carbocycles. The number of hydrogen-bond donors (Lipinski definition) is 4. The topological polar surface area (TPSA) is 142 Å². The molecule has 9 nitrogen and oxygen atoms in total. The number of carbonyl (C=O) groups excluding carboxylic acids is 3. The predicted octanol–water partition coefficient (Wildman–Crippen LogP) is 7.48. The van der Waals surface area contributed by atoms with E-state index in [1.165, 1.54) is 44.9 Å². The smallest absolute Gasteiger partial charge is 0.328 e. The Morgan fingerprint density at radius 3 is 1.93 bits per heavy atom. The van der Waals surface area contributed by atoms with Gasteiger partial charge in [0.25, 0.3) is 0 Å². The molecule has 2 amide bonds. The van der Waals surface area contributed by atoms with Gasteiger partial charge in [-0.3, -0.25) is 14.4 Å². The summed E-state index contributed by atoms with van der Waals surface area (Å²) < 4.78 is 5.83. The lowest BCUT2D eigenvalue weighted by atomic mass is 10.1. The molecule has 46 heavy (non-hydrogen) atoms. The summed E-state index contributed by atoms with van der Waals surface area (Å²) in [6, 6.07) is -1.39. The van der Waals surface area contributed by atoms with Gasteiger partial charge in [-0.2, -0.15) is 0 Å². The van der Waals surface area contributed by atoms with Crippen molar-refractivity contribution in [1.82, 2.24) is 10.6 Å². The Balaban J connectivity index is 4.19. The number of carbonyl (C=O) groups is 4. The Kier molecular flexibility index (Phi) is 30.0. The lowest BCUT2D eigenvalue weighted by Crippen LogP contribution is -2.47. The minimum atomic E-state index is -1.39. The van der Waals surface area contributed by atoms with Crippen LogP contribution in [0.5, 0.6) is 0 Å². The molecule has 0 radical (unpaired) electrons. The molecular formula is C37H64N2O7. The van der Waals surface area contributed by atoms with Crippen LogP contribution in [0.4, 0.5) is 0 Å². The largest absolute Gasteiger partial charge is 0.480 e. The van der Waals surface area contributed by atoms with Gasteiger partial charge in [-0.05, 0) is 70.3 Å². The summed E-state index contributed by atoms with van der Waals surface area (Å²) in [6.45, 7) is 3.33. The van der Waals surface area contributed by atoms with Crippen molar-refractivity contribution < 1.29 is 34.1 Å². The van der Waals surface area contributed by atoms with E-state index in [2.05, 4.69) is 54.9 Å². The first-order valence-electron chi connectivity index (χ1n) is 17.9. The number of ether oxygens (including phenoxy) is 1. The normalized spacial score (nSPS) is 12.9. The molecule has 2 unspecified atom stereocenters. The van der Waals surface area contributed by atoms with Crippen LogP contribution in [0.1, 0.15) is 149 Å². The number of carboxylic acids is 1. The molecule has 0 aromatic carbocycles. The molecule has 264 valence electrons. The summed E-state index contributed by atoms with van der Waals surface area (Å²) in [5.74, 6) is -2.43. The Morgan fingerprint density at radius 1 is 0.674 bits per heavy atom. The fourth-order valence-electron chi connectivity index (χ4n) is 4.76. The van der Waals surface area contributed by atoms with Gasteiger partial charge in [0, 0.05) is 12.8 Å². The number of aliphatic hydroxyl groups is 1. The standard InChI is InChI=1S/C37H64N2O7/c1-3-5-7-9-10-11-12-13-14-15-16-17-19-25-29-36(43)46-32(26-22-18-8-6-4-2)27-23-20-21-24-28-34(41)38-30-35(42)39-33(31-40)37(44)45/h9-10,12-13,22,26,32-33,40H,3-8,11,14-21,23-25,27-31H2,1-2H3,(H,38,41)(H,39,42)(H,44,45)/b10-9-,13-12-,26-22-. The summed E-state index contributed by atoms with van der Waals surface area (Å²) >= 11 is 0. The number of rotatable bonds is 31. The molecule has 2 atom stereocenters. The molecular weight excluding hydrogens is 584 g/mol. The van der Waals surface area contributed by atoms with Crippen LogP contribution in [0.25, 0.3) is 0 Å². The lowest BCUT2D eigenvalue weighted by Gasteiger charge is -2.15. The first-order chi connectivity index (χ1) is 22.3. The van der Waals surface area contributed by atoms with E-state index in [4.69, 9.17) is 14.9 Å². The van der Waals surface area contributed by atoms with E-state index in [1.807, 2.05) is 6.08 Å². The molecule has 0 bridgehead atoms. The number of hydrogen-bond acceptors (Lipinski definition) is 6. The van der Waals surface area contributed by atoms with Gasteiger partial charge >= 0.3 is 11.9 Å². The van der Waals surface area contributed by atoms with Gasteiger partial charge in [-0.1, -0.05) is 102 Å². The van der Waals surface area contributed by atoms with E-state index in [0.29, 0.717) is 12.8 Å². The quantitative estimate of drug-likeness (QED) is 0.0347. The van der Waals surface area contributed by atoms with Crippen molar-refractivity contribution in [2.75, 3.05) is 13.2 Å². The number of esters is 1. The number of aliphatic hydroxyl groups excluding tert-OH is 1. The van der Waals surface area contributed by atoms with E-state index in [1.54, 1.807) is 0 Å². The third kappa shape index (κ3) is 28.5. The molecule has 0 saturated heterocycles. The molecule has 0 fully saturated rings. The molecule has 0 spiro atoms. The highest BCUT2D eigenvalue weighted by Gasteiger charge is 2.18. The zero-order chi connectivity index (χ0) is 34.1. The average molecular weight is 649 g/mol.